The van der Waals surface area contributed by atoms with Crippen LogP contribution in [-0.2, 0) is 13.1 Å². The Labute approximate surface area is 151 Å². The zero-order chi connectivity index (χ0) is 17.8. The molecule has 0 radical (unpaired) electrons. The maximum Gasteiger partial charge on any atom is 0.254 e. The number of benzene rings is 1. The molecule has 0 aliphatic carbocycles. The molecule has 25 heavy (non-hydrogen) atoms. The number of aromatic nitrogens is 1. The number of nitrogens with one attached hydrogen (secondary N) is 1. The lowest BCUT2D eigenvalue weighted by molar-refractivity contribution is 0.0772. The molecule has 2 aromatic heterocycles. The Hall–Kier alpha value is -2.60. The molecule has 1 aromatic carbocycles. The fraction of sp³-hybridized carbons (Fsp3) is 0.263. The van der Waals surface area contributed by atoms with Crippen molar-refractivity contribution in [2.45, 2.75) is 26.9 Å². The van der Waals surface area contributed by atoms with Crippen LogP contribution in [-0.4, -0.2) is 23.0 Å². The Morgan fingerprint density at radius 3 is 2.76 bits per heavy atom. The number of thiophene rings is 1. The highest BCUT2D eigenvalue weighted by molar-refractivity contribution is 7.11. The Bertz CT molecular complexity index is 869. The molecule has 0 unspecified atom stereocenters. The third-order valence-corrected chi connectivity index (χ3v) is 4.79. The molecule has 0 saturated carbocycles. The van der Waals surface area contributed by atoms with Crippen LogP contribution >= 0.6 is 11.3 Å². The summed E-state index contributed by atoms with van der Waals surface area (Å²) in [6.07, 6.45) is 0. The maximum absolute atomic E-state index is 12.6. The van der Waals surface area contributed by atoms with E-state index in [1.165, 1.54) is 9.75 Å². The van der Waals surface area contributed by atoms with Crippen LogP contribution < -0.4 is 5.32 Å². The van der Waals surface area contributed by atoms with Gasteiger partial charge in [-0.2, -0.15) is 0 Å². The van der Waals surface area contributed by atoms with E-state index in [1.54, 1.807) is 23.3 Å². The second kappa shape index (κ2) is 7.53. The summed E-state index contributed by atoms with van der Waals surface area (Å²) in [4.78, 5) is 16.8. The molecule has 0 saturated heterocycles. The summed E-state index contributed by atoms with van der Waals surface area (Å²) in [5, 5.41) is 7.22. The first kappa shape index (κ1) is 17.2. The van der Waals surface area contributed by atoms with Crippen LogP contribution in [0.25, 0.3) is 0 Å². The summed E-state index contributed by atoms with van der Waals surface area (Å²) >= 11 is 1.77. The van der Waals surface area contributed by atoms with Gasteiger partial charge >= 0.3 is 0 Å². The second-order valence-corrected chi connectivity index (χ2v) is 7.41. The third kappa shape index (κ3) is 4.48. The minimum absolute atomic E-state index is 0.0512. The number of rotatable bonds is 6. The van der Waals surface area contributed by atoms with E-state index in [0.717, 1.165) is 17.9 Å². The van der Waals surface area contributed by atoms with Crippen molar-refractivity contribution in [3.63, 3.8) is 0 Å². The van der Waals surface area contributed by atoms with E-state index in [2.05, 4.69) is 29.5 Å². The van der Waals surface area contributed by atoms with Gasteiger partial charge in [0.25, 0.3) is 5.91 Å². The van der Waals surface area contributed by atoms with Crippen molar-refractivity contribution in [2.75, 3.05) is 12.4 Å². The summed E-state index contributed by atoms with van der Waals surface area (Å²) in [6.45, 7) is 5.10. The number of amides is 1. The fourth-order valence-corrected chi connectivity index (χ4v) is 3.38. The number of carbonyl (C=O) groups is 1. The van der Waals surface area contributed by atoms with Crippen molar-refractivity contribution >= 4 is 22.9 Å². The van der Waals surface area contributed by atoms with Crippen LogP contribution in [0.3, 0.4) is 0 Å². The van der Waals surface area contributed by atoms with E-state index in [1.807, 2.05) is 37.3 Å². The highest BCUT2D eigenvalue weighted by Gasteiger charge is 2.14. The second-order valence-electron chi connectivity index (χ2n) is 6.04. The molecule has 3 rings (SSSR count). The minimum Gasteiger partial charge on any atom is -0.380 e. The Kier molecular flexibility index (Phi) is 5.19. The third-order valence-electron chi connectivity index (χ3n) is 3.79. The smallest absolute Gasteiger partial charge is 0.254 e. The monoisotopic (exact) mass is 355 g/mol. The lowest BCUT2D eigenvalue weighted by atomic mass is 10.1. The van der Waals surface area contributed by atoms with Gasteiger partial charge in [0.15, 0.2) is 5.76 Å². The highest BCUT2D eigenvalue weighted by Crippen LogP contribution is 2.18. The van der Waals surface area contributed by atoms with Crippen LogP contribution in [0.2, 0.25) is 0 Å². The average molecular weight is 355 g/mol. The lowest BCUT2D eigenvalue weighted by Gasteiger charge is -2.16. The van der Waals surface area contributed by atoms with E-state index in [9.17, 15) is 4.79 Å². The van der Waals surface area contributed by atoms with Crippen molar-refractivity contribution in [3.05, 3.63) is 69.2 Å². The number of hydrogen-bond donors (Lipinski definition) is 1. The predicted molar refractivity (Wildman–Crippen MR) is 99.9 cm³/mol. The molecule has 0 bridgehead atoms. The summed E-state index contributed by atoms with van der Waals surface area (Å²) in [5.41, 5.74) is 2.39. The fourth-order valence-electron chi connectivity index (χ4n) is 2.55. The van der Waals surface area contributed by atoms with Crippen LogP contribution in [0, 0.1) is 13.8 Å². The molecule has 0 aliphatic rings. The first-order valence-electron chi connectivity index (χ1n) is 8.08. The number of aryl methyl sites for hydroxylation is 2. The summed E-state index contributed by atoms with van der Waals surface area (Å²) < 4.78 is 5.18. The van der Waals surface area contributed by atoms with Crippen LogP contribution in [0.4, 0.5) is 5.69 Å². The van der Waals surface area contributed by atoms with Gasteiger partial charge in [0, 0.05) is 40.7 Å². The summed E-state index contributed by atoms with van der Waals surface area (Å²) in [5.74, 6) is 0.625. The van der Waals surface area contributed by atoms with E-state index in [-0.39, 0.29) is 5.91 Å². The lowest BCUT2D eigenvalue weighted by Crippen LogP contribution is -2.26. The summed E-state index contributed by atoms with van der Waals surface area (Å²) in [6, 6.07) is 13.6. The van der Waals surface area contributed by atoms with Gasteiger partial charge in [0.2, 0.25) is 0 Å². The van der Waals surface area contributed by atoms with E-state index in [0.29, 0.717) is 17.9 Å². The summed E-state index contributed by atoms with van der Waals surface area (Å²) in [7, 11) is 1.76. The predicted octanol–water partition coefficient (Wildman–Crippen LogP) is 4.24. The molecule has 5 nitrogen and oxygen atoms in total. The zero-order valence-corrected chi connectivity index (χ0v) is 15.4. The Morgan fingerprint density at radius 1 is 1.24 bits per heavy atom. The van der Waals surface area contributed by atoms with Gasteiger partial charge in [-0.05, 0) is 44.2 Å². The van der Waals surface area contributed by atoms with Crippen LogP contribution in [0.15, 0.2) is 47.0 Å². The van der Waals surface area contributed by atoms with Gasteiger partial charge in [-0.1, -0.05) is 11.2 Å². The number of anilines is 1. The van der Waals surface area contributed by atoms with Crippen LogP contribution in [0.5, 0.6) is 0 Å². The van der Waals surface area contributed by atoms with Crippen molar-refractivity contribution < 1.29 is 9.32 Å². The quantitative estimate of drug-likeness (QED) is 0.718. The number of nitrogens with zero attached hydrogens (tertiary/aromatic N) is 2. The molecule has 0 fully saturated rings. The maximum atomic E-state index is 12.6. The van der Waals surface area contributed by atoms with Crippen LogP contribution in [0.1, 0.15) is 31.6 Å². The molecule has 2 heterocycles. The number of carbonyl (C=O) groups excluding carboxylic acids is 1. The normalized spacial score (nSPS) is 10.7. The Balaban J connectivity index is 1.64. The van der Waals surface area contributed by atoms with E-state index < -0.39 is 0 Å². The van der Waals surface area contributed by atoms with Gasteiger partial charge in [0.05, 0.1) is 12.2 Å². The van der Waals surface area contributed by atoms with Gasteiger partial charge < -0.3 is 14.7 Å². The minimum atomic E-state index is -0.0512. The molecule has 3 aromatic rings. The molecule has 1 N–H and O–H groups in total. The molecule has 0 aliphatic heterocycles. The highest BCUT2D eigenvalue weighted by atomic mass is 32.1. The van der Waals surface area contributed by atoms with Crippen molar-refractivity contribution in [1.82, 2.24) is 10.1 Å². The molecule has 130 valence electrons. The van der Waals surface area contributed by atoms with E-state index >= 15 is 0 Å². The standard InChI is InChI=1S/C19H21N3O2S/c1-13-9-17(24-21-13)12-22(3)19(23)15-5-4-6-16(10-15)20-11-18-8-7-14(2)25-18/h4-10,20H,11-12H2,1-3H3. The van der Waals surface area contributed by atoms with Gasteiger partial charge in [0.1, 0.15) is 0 Å². The van der Waals surface area contributed by atoms with Crippen molar-refractivity contribution in [3.8, 4) is 0 Å². The average Bonchev–Trinajstić information content (AvgIpc) is 3.20. The molecule has 0 atom stereocenters. The van der Waals surface area contributed by atoms with Crippen molar-refractivity contribution in [2.24, 2.45) is 0 Å². The zero-order valence-electron chi connectivity index (χ0n) is 14.6. The molecule has 6 heteroatoms. The topological polar surface area (TPSA) is 58.4 Å². The first-order valence-corrected chi connectivity index (χ1v) is 8.90. The molecule has 1 amide bonds. The number of hydrogen-bond acceptors (Lipinski definition) is 5. The first-order chi connectivity index (χ1) is 12.0. The van der Waals surface area contributed by atoms with E-state index in [4.69, 9.17) is 4.52 Å². The SMILES string of the molecule is Cc1cc(CN(C)C(=O)c2cccc(NCc3ccc(C)s3)c2)on1. The largest absolute Gasteiger partial charge is 0.380 e. The van der Waals surface area contributed by atoms with Crippen molar-refractivity contribution in [1.29, 1.82) is 0 Å². The molecule has 0 spiro atoms. The molecular formula is C19H21N3O2S. The van der Waals surface area contributed by atoms with Gasteiger partial charge in [-0.25, -0.2) is 0 Å². The molecular weight excluding hydrogens is 334 g/mol. The Morgan fingerprint density at radius 2 is 2.08 bits per heavy atom. The van der Waals surface area contributed by atoms with Gasteiger partial charge in [-0.15, -0.1) is 11.3 Å². The van der Waals surface area contributed by atoms with Gasteiger partial charge in [-0.3, -0.25) is 4.79 Å².